The molecule has 0 fully saturated rings. The topological polar surface area (TPSA) is 130 Å². The van der Waals surface area contributed by atoms with Crippen LogP contribution in [0, 0.1) is 24.0 Å². The Bertz CT molecular complexity index is 942. The quantitative estimate of drug-likeness (QED) is 0.534. The van der Waals surface area contributed by atoms with Crippen LogP contribution in [-0.4, -0.2) is 28.7 Å². The molecule has 3 amide bonds. The molecule has 2 aromatic carbocycles. The SMILES string of the molecule is Cc1ccc(C(=O)NNC(=O)[C@H](C)NC(=O)c2cccc([N+](=O)[O-])c2)c(C)c1. The van der Waals surface area contributed by atoms with Gasteiger partial charge >= 0.3 is 0 Å². The average molecular weight is 384 g/mol. The smallest absolute Gasteiger partial charge is 0.270 e. The molecule has 0 saturated heterocycles. The number of aryl methyl sites for hydroxylation is 2. The molecule has 28 heavy (non-hydrogen) atoms. The molecule has 9 heteroatoms. The zero-order valence-electron chi connectivity index (χ0n) is 15.6. The summed E-state index contributed by atoms with van der Waals surface area (Å²) in [6.07, 6.45) is 0. The lowest BCUT2D eigenvalue weighted by atomic mass is 10.1. The number of amides is 3. The van der Waals surface area contributed by atoms with Crippen LogP contribution in [-0.2, 0) is 4.79 Å². The maximum Gasteiger partial charge on any atom is 0.270 e. The number of carbonyl (C=O) groups excluding carboxylic acids is 3. The molecule has 0 aliphatic rings. The van der Waals surface area contributed by atoms with Gasteiger partial charge in [-0.05, 0) is 38.5 Å². The normalized spacial score (nSPS) is 11.2. The number of hydrogen-bond donors (Lipinski definition) is 3. The van der Waals surface area contributed by atoms with E-state index in [9.17, 15) is 24.5 Å². The molecular formula is C19H20N4O5. The van der Waals surface area contributed by atoms with Crippen LogP contribution in [0.3, 0.4) is 0 Å². The first-order valence-corrected chi connectivity index (χ1v) is 8.42. The van der Waals surface area contributed by atoms with Crippen LogP contribution in [0.2, 0.25) is 0 Å². The molecular weight excluding hydrogens is 364 g/mol. The van der Waals surface area contributed by atoms with Gasteiger partial charge in [0, 0.05) is 23.3 Å². The average Bonchev–Trinajstić information content (AvgIpc) is 2.65. The summed E-state index contributed by atoms with van der Waals surface area (Å²) < 4.78 is 0. The van der Waals surface area contributed by atoms with Gasteiger partial charge in [-0.1, -0.05) is 23.8 Å². The van der Waals surface area contributed by atoms with Crippen molar-refractivity contribution in [1.82, 2.24) is 16.2 Å². The van der Waals surface area contributed by atoms with E-state index in [0.29, 0.717) is 5.56 Å². The Labute approximate surface area is 161 Å². The number of nitrogens with zero attached hydrogens (tertiary/aromatic N) is 1. The fraction of sp³-hybridized carbons (Fsp3) is 0.211. The van der Waals surface area contributed by atoms with E-state index in [2.05, 4.69) is 16.2 Å². The van der Waals surface area contributed by atoms with E-state index in [1.54, 1.807) is 19.1 Å². The number of nitro groups is 1. The highest BCUT2D eigenvalue weighted by Gasteiger charge is 2.19. The van der Waals surface area contributed by atoms with E-state index in [4.69, 9.17) is 0 Å². The largest absolute Gasteiger partial charge is 0.340 e. The summed E-state index contributed by atoms with van der Waals surface area (Å²) >= 11 is 0. The van der Waals surface area contributed by atoms with Crippen LogP contribution in [0.15, 0.2) is 42.5 Å². The number of hydrazine groups is 1. The third kappa shape index (κ3) is 5.13. The molecule has 0 aromatic heterocycles. The maximum atomic E-state index is 12.2. The molecule has 0 bridgehead atoms. The molecule has 0 spiro atoms. The first-order valence-electron chi connectivity index (χ1n) is 8.42. The highest BCUT2D eigenvalue weighted by Crippen LogP contribution is 2.13. The van der Waals surface area contributed by atoms with E-state index in [1.807, 2.05) is 13.0 Å². The van der Waals surface area contributed by atoms with Gasteiger partial charge in [0.05, 0.1) is 4.92 Å². The molecule has 1 atom stereocenters. The van der Waals surface area contributed by atoms with Gasteiger partial charge in [-0.25, -0.2) is 0 Å². The fourth-order valence-corrected chi connectivity index (χ4v) is 2.47. The van der Waals surface area contributed by atoms with Crippen molar-refractivity contribution in [1.29, 1.82) is 0 Å². The molecule has 2 rings (SSSR count). The van der Waals surface area contributed by atoms with Gasteiger partial charge in [-0.15, -0.1) is 0 Å². The van der Waals surface area contributed by atoms with Gasteiger partial charge in [0.25, 0.3) is 23.4 Å². The highest BCUT2D eigenvalue weighted by molar-refractivity contribution is 5.99. The summed E-state index contributed by atoms with van der Waals surface area (Å²) in [4.78, 5) is 46.6. The Morgan fingerprint density at radius 1 is 1.00 bits per heavy atom. The molecule has 146 valence electrons. The minimum atomic E-state index is -0.980. The van der Waals surface area contributed by atoms with E-state index < -0.39 is 28.7 Å². The molecule has 3 N–H and O–H groups in total. The van der Waals surface area contributed by atoms with Crippen LogP contribution < -0.4 is 16.2 Å². The van der Waals surface area contributed by atoms with E-state index in [1.165, 1.54) is 25.1 Å². The van der Waals surface area contributed by atoms with Gasteiger partial charge in [0.2, 0.25) is 0 Å². The number of non-ortho nitro benzene ring substituents is 1. The summed E-state index contributed by atoms with van der Waals surface area (Å²) in [5.74, 6) is -1.77. The van der Waals surface area contributed by atoms with Gasteiger partial charge in [-0.3, -0.25) is 35.3 Å². The summed E-state index contributed by atoms with van der Waals surface area (Å²) in [6.45, 7) is 5.11. The molecule has 2 aromatic rings. The molecule has 0 aliphatic heterocycles. The summed E-state index contributed by atoms with van der Waals surface area (Å²) in [5.41, 5.74) is 6.55. The number of carbonyl (C=O) groups is 3. The second-order valence-electron chi connectivity index (χ2n) is 6.26. The first kappa shape index (κ1) is 20.6. The summed E-state index contributed by atoms with van der Waals surface area (Å²) in [7, 11) is 0. The standard InChI is InChI=1S/C19H20N4O5/c1-11-7-8-16(12(2)9-11)19(26)22-21-17(24)13(3)20-18(25)14-5-4-6-15(10-14)23(27)28/h4-10,13H,1-3H3,(H,20,25)(H,21,24)(H,22,26)/t13-/m0/s1. The third-order valence-electron chi connectivity index (χ3n) is 3.99. The van der Waals surface area contributed by atoms with Crippen molar-refractivity contribution < 1.29 is 19.3 Å². The zero-order chi connectivity index (χ0) is 20.8. The Balaban J connectivity index is 1.93. The van der Waals surface area contributed by atoms with Gasteiger partial charge in [0.15, 0.2) is 0 Å². The van der Waals surface area contributed by atoms with Crippen molar-refractivity contribution in [2.75, 3.05) is 0 Å². The zero-order valence-corrected chi connectivity index (χ0v) is 15.6. The van der Waals surface area contributed by atoms with Crippen LogP contribution >= 0.6 is 0 Å². The van der Waals surface area contributed by atoms with Gasteiger partial charge < -0.3 is 5.32 Å². The molecule has 0 saturated carbocycles. The van der Waals surface area contributed by atoms with Gasteiger partial charge in [0.1, 0.15) is 6.04 Å². The second kappa shape index (κ2) is 8.76. The van der Waals surface area contributed by atoms with Gasteiger partial charge in [-0.2, -0.15) is 0 Å². The number of nitro benzene ring substituents is 1. The fourth-order valence-electron chi connectivity index (χ4n) is 2.47. The lowest BCUT2D eigenvalue weighted by molar-refractivity contribution is -0.384. The Kier molecular flexibility index (Phi) is 6.43. The molecule has 0 heterocycles. The van der Waals surface area contributed by atoms with Crippen molar-refractivity contribution in [3.63, 3.8) is 0 Å². The number of benzene rings is 2. The van der Waals surface area contributed by atoms with Crippen LogP contribution in [0.25, 0.3) is 0 Å². The van der Waals surface area contributed by atoms with E-state index in [-0.39, 0.29) is 11.3 Å². The lowest BCUT2D eigenvalue weighted by Crippen LogP contribution is -2.51. The van der Waals surface area contributed by atoms with Crippen LogP contribution in [0.5, 0.6) is 0 Å². The van der Waals surface area contributed by atoms with Crippen molar-refractivity contribution >= 4 is 23.4 Å². The summed E-state index contributed by atoms with van der Waals surface area (Å²) in [6, 6.07) is 9.45. The third-order valence-corrected chi connectivity index (χ3v) is 3.99. The van der Waals surface area contributed by atoms with Crippen molar-refractivity contribution in [2.45, 2.75) is 26.8 Å². The Morgan fingerprint density at radius 3 is 2.36 bits per heavy atom. The minimum absolute atomic E-state index is 0.0492. The van der Waals surface area contributed by atoms with E-state index in [0.717, 1.165) is 17.2 Å². The highest BCUT2D eigenvalue weighted by atomic mass is 16.6. The summed E-state index contributed by atoms with van der Waals surface area (Å²) in [5, 5.41) is 13.2. The molecule has 9 nitrogen and oxygen atoms in total. The van der Waals surface area contributed by atoms with Crippen molar-refractivity contribution in [3.8, 4) is 0 Å². The number of rotatable bonds is 5. The van der Waals surface area contributed by atoms with E-state index >= 15 is 0 Å². The molecule has 0 radical (unpaired) electrons. The Hall–Kier alpha value is -3.75. The minimum Gasteiger partial charge on any atom is -0.340 e. The second-order valence-corrected chi connectivity index (χ2v) is 6.26. The molecule has 0 unspecified atom stereocenters. The van der Waals surface area contributed by atoms with Crippen molar-refractivity contribution in [2.24, 2.45) is 0 Å². The van der Waals surface area contributed by atoms with Crippen LogP contribution in [0.4, 0.5) is 5.69 Å². The van der Waals surface area contributed by atoms with Crippen molar-refractivity contribution in [3.05, 3.63) is 74.8 Å². The monoisotopic (exact) mass is 384 g/mol. The predicted octanol–water partition coefficient (Wildman–Crippen LogP) is 1.79. The number of nitrogens with one attached hydrogen (secondary N) is 3. The lowest BCUT2D eigenvalue weighted by Gasteiger charge is -2.15. The number of hydrogen-bond acceptors (Lipinski definition) is 5. The molecule has 0 aliphatic carbocycles. The van der Waals surface area contributed by atoms with Crippen LogP contribution in [0.1, 0.15) is 38.8 Å². The predicted molar refractivity (Wildman–Crippen MR) is 102 cm³/mol. The Morgan fingerprint density at radius 2 is 1.71 bits per heavy atom. The maximum absolute atomic E-state index is 12.2. The first-order chi connectivity index (χ1) is 13.2.